The Bertz CT molecular complexity index is 1080. The molecular weight excluding hydrogens is 395 g/mol. The fourth-order valence-corrected chi connectivity index (χ4v) is 4.18. The van der Waals surface area contributed by atoms with Gasteiger partial charge in [-0.1, -0.05) is 6.07 Å². The minimum Gasteiger partial charge on any atom is -0.363 e. The van der Waals surface area contributed by atoms with E-state index in [0.717, 1.165) is 35.5 Å². The molecule has 31 heavy (non-hydrogen) atoms. The van der Waals surface area contributed by atoms with Crippen LogP contribution in [0.4, 0.5) is 15.9 Å². The molecule has 0 bridgehead atoms. The summed E-state index contributed by atoms with van der Waals surface area (Å²) < 4.78 is 15.6. The first-order valence-electron chi connectivity index (χ1n) is 10.5. The van der Waals surface area contributed by atoms with Gasteiger partial charge in [-0.25, -0.2) is 9.37 Å². The molecule has 2 atom stereocenters. The summed E-state index contributed by atoms with van der Waals surface area (Å²) >= 11 is 0. The average Bonchev–Trinajstić information content (AvgIpc) is 3.21. The zero-order valence-electron chi connectivity index (χ0n) is 18.0. The maximum atomic E-state index is 13.7. The van der Waals surface area contributed by atoms with Crippen molar-refractivity contribution >= 4 is 17.4 Å². The van der Waals surface area contributed by atoms with Gasteiger partial charge in [-0.3, -0.25) is 9.48 Å². The highest BCUT2D eigenvalue weighted by molar-refractivity contribution is 5.94. The van der Waals surface area contributed by atoms with Crippen LogP contribution in [0.15, 0.2) is 48.9 Å². The Balaban J connectivity index is 1.71. The molecule has 8 heteroatoms. The number of hydrogen-bond donors (Lipinski definition) is 2. The highest BCUT2D eigenvalue weighted by atomic mass is 19.1. The van der Waals surface area contributed by atoms with Crippen LogP contribution < -0.4 is 15.5 Å². The summed E-state index contributed by atoms with van der Waals surface area (Å²) in [5.41, 5.74) is 3.88. The maximum absolute atomic E-state index is 13.7. The van der Waals surface area contributed by atoms with E-state index in [-0.39, 0.29) is 23.8 Å². The lowest BCUT2D eigenvalue weighted by Crippen LogP contribution is -2.43. The molecule has 0 spiro atoms. The number of halogens is 1. The Hall–Kier alpha value is -3.26. The van der Waals surface area contributed by atoms with Crippen LogP contribution in [0.1, 0.15) is 31.9 Å². The minimum atomic E-state index is -0.338. The van der Waals surface area contributed by atoms with Gasteiger partial charge in [0.2, 0.25) is 5.91 Å². The van der Waals surface area contributed by atoms with E-state index >= 15 is 0 Å². The van der Waals surface area contributed by atoms with Gasteiger partial charge in [0.15, 0.2) is 0 Å². The van der Waals surface area contributed by atoms with Crippen LogP contribution >= 0.6 is 0 Å². The van der Waals surface area contributed by atoms with Gasteiger partial charge < -0.3 is 15.5 Å². The molecule has 0 aliphatic carbocycles. The fraction of sp³-hybridized carbons (Fsp3) is 0.348. The van der Waals surface area contributed by atoms with Crippen molar-refractivity contribution < 1.29 is 9.18 Å². The standard InChI is InChI=1S/C23H27FN6O/c1-15-10-21(28-23-12-19(24)6-7-26-23)20-11-17(4-5-22(20)30(15)16(2)31)18-13-27-29(14-18)9-8-25-3/h4-7,11-15,21,25H,8-10H2,1-3H3,(H,26,28). The topological polar surface area (TPSA) is 75.1 Å². The van der Waals surface area contributed by atoms with Crippen LogP contribution in [0.25, 0.3) is 11.1 Å². The number of amides is 1. The van der Waals surface area contributed by atoms with Crippen molar-refractivity contribution in [3.63, 3.8) is 0 Å². The normalized spacial score (nSPS) is 18.0. The second-order valence-corrected chi connectivity index (χ2v) is 7.90. The van der Waals surface area contributed by atoms with Crippen LogP contribution in [0, 0.1) is 5.82 Å². The lowest BCUT2D eigenvalue weighted by Gasteiger charge is -2.39. The van der Waals surface area contributed by atoms with E-state index < -0.39 is 0 Å². The zero-order chi connectivity index (χ0) is 22.0. The Kier molecular flexibility index (Phi) is 5.99. The van der Waals surface area contributed by atoms with E-state index in [4.69, 9.17) is 0 Å². The summed E-state index contributed by atoms with van der Waals surface area (Å²) in [6, 6.07) is 8.71. The molecule has 2 N–H and O–H groups in total. The smallest absolute Gasteiger partial charge is 0.224 e. The highest BCUT2D eigenvalue weighted by Gasteiger charge is 2.33. The van der Waals surface area contributed by atoms with Gasteiger partial charge >= 0.3 is 0 Å². The Morgan fingerprint density at radius 1 is 1.26 bits per heavy atom. The molecule has 3 heterocycles. The molecule has 3 aromatic rings. The first-order valence-corrected chi connectivity index (χ1v) is 10.5. The van der Waals surface area contributed by atoms with E-state index in [0.29, 0.717) is 12.2 Å². The van der Waals surface area contributed by atoms with Crippen LogP contribution in [-0.2, 0) is 11.3 Å². The number of nitrogens with one attached hydrogen (secondary N) is 2. The Morgan fingerprint density at radius 3 is 2.84 bits per heavy atom. The zero-order valence-corrected chi connectivity index (χ0v) is 18.0. The number of nitrogens with zero attached hydrogens (tertiary/aromatic N) is 4. The van der Waals surface area contributed by atoms with Crippen LogP contribution in [-0.4, -0.2) is 40.3 Å². The van der Waals surface area contributed by atoms with Crippen molar-refractivity contribution in [1.29, 1.82) is 0 Å². The molecule has 1 aliphatic rings. The molecule has 1 amide bonds. The number of likely N-dealkylation sites (N-methyl/N-ethyl adjacent to an activating group) is 1. The van der Waals surface area contributed by atoms with Gasteiger partial charge in [0.05, 0.1) is 18.8 Å². The maximum Gasteiger partial charge on any atom is 0.224 e. The second kappa shape index (κ2) is 8.85. The predicted octanol–water partition coefficient (Wildman–Crippen LogP) is 3.60. The second-order valence-electron chi connectivity index (χ2n) is 7.90. The highest BCUT2D eigenvalue weighted by Crippen LogP contribution is 2.41. The molecular formula is C23H27FN6O. The van der Waals surface area contributed by atoms with Gasteiger partial charge in [-0.2, -0.15) is 5.10 Å². The summed E-state index contributed by atoms with van der Waals surface area (Å²) in [6.07, 6.45) is 6.00. The van der Waals surface area contributed by atoms with Crippen molar-refractivity contribution in [2.24, 2.45) is 0 Å². The van der Waals surface area contributed by atoms with Crippen molar-refractivity contribution in [2.75, 3.05) is 23.8 Å². The van der Waals surface area contributed by atoms with Gasteiger partial charge in [-0.05, 0) is 49.7 Å². The molecule has 4 rings (SSSR count). The SMILES string of the molecule is CNCCn1cc(-c2ccc3c(c2)C(Nc2cc(F)ccn2)CC(C)N3C(C)=O)cn1. The van der Waals surface area contributed by atoms with E-state index in [9.17, 15) is 9.18 Å². The first-order chi connectivity index (χ1) is 15.0. The van der Waals surface area contributed by atoms with Crippen LogP contribution in [0.5, 0.6) is 0 Å². The minimum absolute atomic E-state index is 0.00344. The lowest BCUT2D eigenvalue weighted by molar-refractivity contribution is -0.117. The molecule has 0 saturated carbocycles. The number of rotatable bonds is 6. The van der Waals surface area contributed by atoms with Crippen LogP contribution in [0.2, 0.25) is 0 Å². The average molecular weight is 423 g/mol. The molecule has 1 aromatic carbocycles. The molecule has 0 saturated heterocycles. The summed E-state index contributed by atoms with van der Waals surface area (Å²) in [5, 5.41) is 10.9. The number of carbonyl (C=O) groups is 1. The first kappa shape index (κ1) is 21.0. The number of hydrogen-bond acceptors (Lipinski definition) is 5. The van der Waals surface area contributed by atoms with Crippen molar-refractivity contribution in [3.8, 4) is 11.1 Å². The summed E-state index contributed by atoms with van der Waals surface area (Å²) in [4.78, 5) is 18.4. The molecule has 0 radical (unpaired) electrons. The predicted molar refractivity (Wildman–Crippen MR) is 119 cm³/mol. The van der Waals surface area contributed by atoms with E-state index in [1.54, 1.807) is 6.92 Å². The largest absolute Gasteiger partial charge is 0.363 e. The van der Waals surface area contributed by atoms with Crippen molar-refractivity contribution in [2.45, 2.75) is 38.9 Å². The molecule has 2 unspecified atom stereocenters. The monoisotopic (exact) mass is 422 g/mol. The van der Waals surface area contributed by atoms with Gasteiger partial charge in [0, 0.05) is 49.2 Å². The Labute approximate surface area is 181 Å². The third-order valence-corrected chi connectivity index (χ3v) is 5.62. The van der Waals surface area contributed by atoms with E-state index in [1.807, 2.05) is 48.1 Å². The molecule has 0 fully saturated rings. The third-order valence-electron chi connectivity index (χ3n) is 5.62. The van der Waals surface area contributed by atoms with Crippen molar-refractivity contribution in [3.05, 3.63) is 60.3 Å². The summed E-state index contributed by atoms with van der Waals surface area (Å²) in [7, 11) is 1.91. The number of benzene rings is 1. The Morgan fingerprint density at radius 2 is 2.10 bits per heavy atom. The number of fused-ring (bicyclic) bond motifs is 1. The summed E-state index contributed by atoms with van der Waals surface area (Å²) in [5.74, 6) is 0.142. The quantitative estimate of drug-likeness (QED) is 0.635. The van der Waals surface area contributed by atoms with Gasteiger partial charge in [0.25, 0.3) is 0 Å². The van der Waals surface area contributed by atoms with E-state index in [1.165, 1.54) is 18.3 Å². The fourth-order valence-electron chi connectivity index (χ4n) is 4.18. The van der Waals surface area contributed by atoms with Gasteiger partial charge in [-0.15, -0.1) is 0 Å². The molecule has 162 valence electrons. The number of anilines is 2. The lowest BCUT2D eigenvalue weighted by atomic mass is 9.89. The third kappa shape index (κ3) is 4.44. The molecule has 7 nitrogen and oxygen atoms in total. The summed E-state index contributed by atoms with van der Waals surface area (Å²) in [6.45, 7) is 5.23. The number of pyridine rings is 1. The van der Waals surface area contributed by atoms with E-state index in [2.05, 4.69) is 26.8 Å². The molecule has 1 aliphatic heterocycles. The van der Waals surface area contributed by atoms with Gasteiger partial charge in [0.1, 0.15) is 11.6 Å². The van der Waals surface area contributed by atoms with Crippen LogP contribution in [0.3, 0.4) is 0 Å². The molecule has 2 aromatic heterocycles. The number of aromatic nitrogens is 3. The number of carbonyl (C=O) groups excluding carboxylic acids is 1. The van der Waals surface area contributed by atoms with Crippen molar-refractivity contribution in [1.82, 2.24) is 20.1 Å².